The van der Waals surface area contributed by atoms with E-state index in [0.717, 1.165) is 18.7 Å². The lowest BCUT2D eigenvalue weighted by Gasteiger charge is -2.13. The van der Waals surface area contributed by atoms with Crippen LogP contribution in [0.2, 0.25) is 5.02 Å². The molecule has 1 aromatic carbocycles. The van der Waals surface area contributed by atoms with E-state index in [1.807, 2.05) is 7.05 Å². The Bertz CT molecular complexity index is 268. The fourth-order valence-electron chi connectivity index (χ4n) is 1.13. The average Bonchev–Trinajstić information content (AvgIpc) is 2.02. The van der Waals surface area contributed by atoms with Crippen LogP contribution in [0.25, 0.3) is 0 Å². The molecule has 0 amide bonds. The van der Waals surface area contributed by atoms with Crippen molar-refractivity contribution in [1.82, 2.24) is 4.90 Å². The number of hydrogen-bond acceptors (Lipinski definition) is 1. The van der Waals surface area contributed by atoms with Gasteiger partial charge in [0.1, 0.15) is 5.82 Å². The Kier molecular flexibility index (Phi) is 3.70. The first-order valence-electron chi connectivity index (χ1n) is 4.25. The molecule has 0 atom stereocenters. The molecule has 0 aliphatic carbocycles. The highest BCUT2D eigenvalue weighted by Gasteiger charge is 2.01. The zero-order valence-electron chi connectivity index (χ0n) is 7.85. The molecule has 0 saturated heterocycles. The molecule has 1 aromatic rings. The quantitative estimate of drug-likeness (QED) is 0.727. The summed E-state index contributed by atoms with van der Waals surface area (Å²) in [7, 11) is 1.98. The van der Waals surface area contributed by atoms with E-state index in [1.165, 1.54) is 12.1 Å². The minimum Gasteiger partial charge on any atom is -0.302 e. The fourth-order valence-corrected chi connectivity index (χ4v) is 1.37. The van der Waals surface area contributed by atoms with Crippen LogP contribution in [-0.4, -0.2) is 18.5 Å². The lowest BCUT2D eigenvalue weighted by molar-refractivity contribution is 0.345. The Morgan fingerprint density at radius 2 is 2.08 bits per heavy atom. The van der Waals surface area contributed by atoms with E-state index in [2.05, 4.69) is 11.8 Å². The van der Waals surface area contributed by atoms with Gasteiger partial charge in [0.15, 0.2) is 0 Å². The van der Waals surface area contributed by atoms with Gasteiger partial charge in [0.2, 0.25) is 0 Å². The number of benzene rings is 1. The molecular weight excluding hydrogens is 189 g/mol. The normalized spacial score (nSPS) is 10.8. The first-order valence-corrected chi connectivity index (χ1v) is 4.63. The molecule has 0 fully saturated rings. The number of rotatable bonds is 3. The van der Waals surface area contributed by atoms with E-state index in [9.17, 15) is 4.39 Å². The Labute approximate surface area is 83.1 Å². The molecule has 0 radical (unpaired) electrons. The van der Waals surface area contributed by atoms with Gasteiger partial charge in [-0.15, -0.1) is 0 Å². The van der Waals surface area contributed by atoms with E-state index in [0.29, 0.717) is 5.02 Å². The van der Waals surface area contributed by atoms with Crippen LogP contribution < -0.4 is 0 Å². The summed E-state index contributed by atoms with van der Waals surface area (Å²) in [5.74, 6) is -0.271. The van der Waals surface area contributed by atoms with Gasteiger partial charge in [0.05, 0.1) is 0 Å². The molecule has 0 aromatic heterocycles. The molecule has 0 aliphatic heterocycles. The Morgan fingerprint density at radius 3 is 2.62 bits per heavy atom. The fraction of sp³-hybridized carbons (Fsp3) is 0.400. The topological polar surface area (TPSA) is 3.24 Å². The average molecular weight is 202 g/mol. The van der Waals surface area contributed by atoms with Crippen molar-refractivity contribution >= 4 is 11.6 Å². The van der Waals surface area contributed by atoms with Gasteiger partial charge in [-0.2, -0.15) is 0 Å². The van der Waals surface area contributed by atoms with E-state index in [1.54, 1.807) is 6.07 Å². The van der Waals surface area contributed by atoms with Crippen LogP contribution in [0.1, 0.15) is 12.5 Å². The minimum absolute atomic E-state index is 0.271. The summed E-state index contributed by atoms with van der Waals surface area (Å²) in [6, 6.07) is 4.62. The monoisotopic (exact) mass is 201 g/mol. The molecule has 13 heavy (non-hydrogen) atoms. The molecule has 0 heterocycles. The third kappa shape index (κ3) is 3.33. The number of nitrogens with zero attached hydrogens (tertiary/aromatic N) is 1. The minimum atomic E-state index is -0.271. The first kappa shape index (κ1) is 10.5. The van der Waals surface area contributed by atoms with Crippen LogP contribution in [0.3, 0.4) is 0 Å². The maximum absolute atomic E-state index is 12.9. The van der Waals surface area contributed by atoms with Crippen molar-refractivity contribution in [3.8, 4) is 0 Å². The van der Waals surface area contributed by atoms with E-state index < -0.39 is 0 Å². The van der Waals surface area contributed by atoms with Crippen molar-refractivity contribution in [2.24, 2.45) is 0 Å². The SMILES string of the molecule is CCN(C)Cc1cc(F)cc(Cl)c1. The summed E-state index contributed by atoms with van der Waals surface area (Å²) in [5.41, 5.74) is 0.911. The largest absolute Gasteiger partial charge is 0.302 e. The standard InChI is InChI=1S/C10H13ClFN/c1-3-13(2)7-8-4-9(11)6-10(12)5-8/h4-6H,3,7H2,1-2H3. The molecule has 1 rings (SSSR count). The lowest BCUT2D eigenvalue weighted by atomic mass is 10.2. The summed E-state index contributed by atoms with van der Waals surface area (Å²) in [5, 5.41) is 0.458. The van der Waals surface area contributed by atoms with Crippen molar-refractivity contribution in [3.05, 3.63) is 34.6 Å². The van der Waals surface area contributed by atoms with Crippen LogP contribution in [0, 0.1) is 5.82 Å². The maximum Gasteiger partial charge on any atom is 0.125 e. The van der Waals surface area contributed by atoms with Gasteiger partial charge in [0.25, 0.3) is 0 Å². The third-order valence-electron chi connectivity index (χ3n) is 1.91. The second-order valence-corrected chi connectivity index (χ2v) is 3.54. The van der Waals surface area contributed by atoms with Gasteiger partial charge in [-0.25, -0.2) is 4.39 Å². The van der Waals surface area contributed by atoms with Crippen molar-refractivity contribution in [2.75, 3.05) is 13.6 Å². The van der Waals surface area contributed by atoms with Crippen LogP contribution in [0.4, 0.5) is 4.39 Å². The summed E-state index contributed by atoms with van der Waals surface area (Å²) < 4.78 is 12.9. The molecule has 3 heteroatoms. The van der Waals surface area contributed by atoms with Gasteiger partial charge in [0, 0.05) is 11.6 Å². The van der Waals surface area contributed by atoms with Gasteiger partial charge >= 0.3 is 0 Å². The second-order valence-electron chi connectivity index (χ2n) is 3.11. The van der Waals surface area contributed by atoms with Crippen molar-refractivity contribution in [2.45, 2.75) is 13.5 Å². The molecule has 72 valence electrons. The highest BCUT2D eigenvalue weighted by molar-refractivity contribution is 6.30. The Hall–Kier alpha value is -0.600. The lowest BCUT2D eigenvalue weighted by Crippen LogP contribution is -2.16. The Balaban J connectivity index is 2.77. The molecular formula is C10H13ClFN. The predicted molar refractivity (Wildman–Crippen MR) is 53.4 cm³/mol. The van der Waals surface area contributed by atoms with Crippen molar-refractivity contribution < 1.29 is 4.39 Å². The van der Waals surface area contributed by atoms with E-state index in [-0.39, 0.29) is 5.82 Å². The predicted octanol–water partition coefficient (Wildman–Crippen LogP) is 2.93. The maximum atomic E-state index is 12.9. The molecule has 0 unspecified atom stereocenters. The first-order chi connectivity index (χ1) is 6.11. The Morgan fingerprint density at radius 1 is 1.38 bits per heavy atom. The van der Waals surface area contributed by atoms with Crippen LogP contribution >= 0.6 is 11.6 Å². The molecule has 0 spiro atoms. The summed E-state index contributed by atoms with van der Waals surface area (Å²) in [6.07, 6.45) is 0. The molecule has 0 saturated carbocycles. The van der Waals surface area contributed by atoms with Crippen LogP contribution in [0.15, 0.2) is 18.2 Å². The zero-order valence-corrected chi connectivity index (χ0v) is 8.61. The number of hydrogen-bond donors (Lipinski definition) is 0. The van der Waals surface area contributed by atoms with Crippen molar-refractivity contribution in [3.63, 3.8) is 0 Å². The molecule has 1 nitrogen and oxygen atoms in total. The molecule has 0 aliphatic rings. The summed E-state index contributed by atoms with van der Waals surface area (Å²) >= 11 is 5.72. The molecule has 0 bridgehead atoms. The second kappa shape index (κ2) is 4.58. The van der Waals surface area contributed by atoms with Gasteiger partial charge in [-0.1, -0.05) is 18.5 Å². The van der Waals surface area contributed by atoms with E-state index >= 15 is 0 Å². The van der Waals surface area contributed by atoms with Gasteiger partial charge < -0.3 is 4.90 Å². The van der Waals surface area contributed by atoms with Gasteiger partial charge in [-0.05, 0) is 37.4 Å². The summed E-state index contributed by atoms with van der Waals surface area (Å²) in [4.78, 5) is 2.09. The third-order valence-corrected chi connectivity index (χ3v) is 2.13. The van der Waals surface area contributed by atoms with Crippen LogP contribution in [-0.2, 0) is 6.54 Å². The summed E-state index contributed by atoms with van der Waals surface area (Å²) in [6.45, 7) is 3.73. The van der Waals surface area contributed by atoms with E-state index in [4.69, 9.17) is 11.6 Å². The number of halogens is 2. The van der Waals surface area contributed by atoms with Crippen molar-refractivity contribution in [1.29, 1.82) is 0 Å². The van der Waals surface area contributed by atoms with Gasteiger partial charge in [-0.3, -0.25) is 0 Å². The highest BCUT2D eigenvalue weighted by atomic mass is 35.5. The highest BCUT2D eigenvalue weighted by Crippen LogP contribution is 2.15. The van der Waals surface area contributed by atoms with Crippen LogP contribution in [0.5, 0.6) is 0 Å². The smallest absolute Gasteiger partial charge is 0.125 e. The zero-order chi connectivity index (χ0) is 9.84. The molecule has 0 N–H and O–H groups in total.